The predicted octanol–water partition coefficient (Wildman–Crippen LogP) is 16.0. The fourth-order valence-electron chi connectivity index (χ4n) is 8.58. The zero-order chi connectivity index (χ0) is 38.4. The lowest BCUT2D eigenvalue weighted by molar-refractivity contribution is 0.670. The Bertz CT molecular complexity index is 3260. The highest BCUT2D eigenvalue weighted by molar-refractivity contribution is 6.11. The van der Waals surface area contributed by atoms with Gasteiger partial charge in [-0.05, 0) is 97.4 Å². The smallest absolute Gasteiger partial charge is 0.143 e. The minimum Gasteiger partial charge on any atom is -0.455 e. The molecule has 0 unspecified atom stereocenters. The molecule has 0 fully saturated rings. The number of para-hydroxylation sites is 3. The number of furan rings is 1. The molecule has 0 saturated heterocycles. The van der Waals surface area contributed by atoms with Crippen molar-refractivity contribution in [2.45, 2.75) is 0 Å². The summed E-state index contributed by atoms with van der Waals surface area (Å²) < 4.78 is 6.58. The van der Waals surface area contributed by atoms with Crippen molar-refractivity contribution >= 4 is 60.5 Å². The second kappa shape index (κ2) is 14.1. The highest BCUT2D eigenvalue weighted by Crippen LogP contribution is 2.45. The maximum absolute atomic E-state index is 6.58. The maximum atomic E-state index is 6.58. The van der Waals surface area contributed by atoms with E-state index in [1.54, 1.807) is 0 Å². The largest absolute Gasteiger partial charge is 0.455 e. The zero-order valence-corrected chi connectivity index (χ0v) is 31.7. The van der Waals surface area contributed by atoms with Gasteiger partial charge in [-0.25, -0.2) is 0 Å². The van der Waals surface area contributed by atoms with Crippen LogP contribution in [0.25, 0.3) is 88.0 Å². The van der Waals surface area contributed by atoms with Crippen molar-refractivity contribution in [3.63, 3.8) is 0 Å². The number of benzene rings is 10. The van der Waals surface area contributed by atoms with Gasteiger partial charge in [0.25, 0.3) is 0 Å². The van der Waals surface area contributed by atoms with Crippen LogP contribution in [0.3, 0.4) is 0 Å². The molecule has 0 N–H and O–H groups in total. The van der Waals surface area contributed by atoms with Gasteiger partial charge in [0.05, 0.1) is 5.69 Å². The van der Waals surface area contributed by atoms with E-state index in [9.17, 15) is 0 Å². The second-order valence-electron chi connectivity index (χ2n) is 14.9. The molecule has 1 aromatic heterocycles. The van der Waals surface area contributed by atoms with E-state index < -0.39 is 0 Å². The SMILES string of the molecule is c1ccc(N(c2ccc(-c3ccc(-c4cccc5ccccc45)cc3)cc2)c2ccc(-c3ccc4ccccc4c3)cc2)c(-c2cccc3c2oc2ccccc23)c1. The van der Waals surface area contributed by atoms with Crippen LogP contribution in [-0.4, -0.2) is 0 Å². The summed E-state index contributed by atoms with van der Waals surface area (Å²) in [5.74, 6) is 0. The standard InChI is InChI=1S/C56H37NO/c1-2-13-44-37-45(28-25-38(44)11-1)41-31-35-47(36-32-41)57(54-21-7-5-16-50(54)52-19-10-20-53-51-17-6-8-22-55(51)58-56(52)53)46-33-29-40(30-34-46)39-23-26-43(27-24-39)49-18-9-14-42-12-3-4-15-48(42)49/h1-37H. The van der Waals surface area contributed by atoms with Gasteiger partial charge in [-0.2, -0.15) is 0 Å². The van der Waals surface area contributed by atoms with Crippen LogP contribution in [-0.2, 0) is 0 Å². The van der Waals surface area contributed by atoms with Crippen LogP contribution in [0.4, 0.5) is 17.1 Å². The molecule has 0 aliphatic rings. The lowest BCUT2D eigenvalue weighted by atomic mass is 9.96. The van der Waals surface area contributed by atoms with E-state index in [-0.39, 0.29) is 0 Å². The van der Waals surface area contributed by atoms with E-state index in [0.29, 0.717) is 0 Å². The van der Waals surface area contributed by atoms with E-state index in [4.69, 9.17) is 4.42 Å². The fourth-order valence-corrected chi connectivity index (χ4v) is 8.58. The van der Waals surface area contributed by atoms with Gasteiger partial charge in [-0.15, -0.1) is 0 Å². The van der Waals surface area contributed by atoms with Gasteiger partial charge in [-0.3, -0.25) is 0 Å². The van der Waals surface area contributed by atoms with Crippen molar-refractivity contribution in [2.24, 2.45) is 0 Å². The average Bonchev–Trinajstić information content (AvgIpc) is 3.69. The first-order valence-corrected chi connectivity index (χ1v) is 19.8. The Labute approximate surface area is 337 Å². The summed E-state index contributed by atoms with van der Waals surface area (Å²) in [6, 6.07) is 80.6. The van der Waals surface area contributed by atoms with Crippen molar-refractivity contribution in [1.29, 1.82) is 0 Å². The first-order chi connectivity index (χ1) is 28.7. The molecule has 0 saturated carbocycles. The van der Waals surface area contributed by atoms with Crippen LogP contribution in [0.5, 0.6) is 0 Å². The minimum atomic E-state index is 0.893. The minimum absolute atomic E-state index is 0.893. The monoisotopic (exact) mass is 739 g/mol. The molecule has 1 heterocycles. The van der Waals surface area contributed by atoms with Gasteiger partial charge >= 0.3 is 0 Å². The molecule has 0 spiro atoms. The van der Waals surface area contributed by atoms with E-state index in [1.807, 2.05) is 12.1 Å². The van der Waals surface area contributed by atoms with Gasteiger partial charge in [0.15, 0.2) is 0 Å². The second-order valence-corrected chi connectivity index (χ2v) is 14.9. The van der Waals surface area contributed by atoms with Crippen molar-refractivity contribution in [3.8, 4) is 44.5 Å². The topological polar surface area (TPSA) is 16.4 Å². The molecule has 0 radical (unpaired) electrons. The van der Waals surface area contributed by atoms with Crippen LogP contribution < -0.4 is 4.90 Å². The van der Waals surface area contributed by atoms with Gasteiger partial charge in [0, 0.05) is 33.3 Å². The van der Waals surface area contributed by atoms with E-state index in [1.165, 1.54) is 54.9 Å². The van der Waals surface area contributed by atoms with Crippen LogP contribution in [0, 0.1) is 0 Å². The first-order valence-electron chi connectivity index (χ1n) is 19.8. The number of rotatable bonds is 7. The Morgan fingerprint density at radius 2 is 0.793 bits per heavy atom. The van der Waals surface area contributed by atoms with Crippen LogP contribution in [0.2, 0.25) is 0 Å². The number of nitrogens with zero attached hydrogens (tertiary/aromatic N) is 1. The Morgan fingerprint density at radius 1 is 0.293 bits per heavy atom. The van der Waals surface area contributed by atoms with E-state index in [0.717, 1.165) is 50.1 Å². The van der Waals surface area contributed by atoms with Gasteiger partial charge in [0.1, 0.15) is 11.2 Å². The molecule has 11 rings (SSSR count). The van der Waals surface area contributed by atoms with Gasteiger partial charge in [-0.1, -0.05) is 182 Å². The predicted molar refractivity (Wildman–Crippen MR) is 245 cm³/mol. The molecule has 0 bridgehead atoms. The molecule has 0 atom stereocenters. The van der Waals surface area contributed by atoms with Crippen molar-refractivity contribution < 1.29 is 4.42 Å². The molecule has 272 valence electrons. The zero-order valence-electron chi connectivity index (χ0n) is 31.7. The fraction of sp³-hybridized carbons (Fsp3) is 0. The molecule has 11 aromatic rings. The number of hydrogen-bond acceptors (Lipinski definition) is 2. The molecule has 0 aliphatic carbocycles. The lowest BCUT2D eigenvalue weighted by Crippen LogP contribution is -2.11. The Kier molecular flexibility index (Phi) is 8.19. The number of fused-ring (bicyclic) bond motifs is 5. The van der Waals surface area contributed by atoms with Crippen molar-refractivity contribution in [1.82, 2.24) is 0 Å². The van der Waals surface area contributed by atoms with Gasteiger partial charge in [0.2, 0.25) is 0 Å². The third-order valence-electron chi connectivity index (χ3n) is 11.5. The normalized spacial score (nSPS) is 11.4. The average molecular weight is 740 g/mol. The first kappa shape index (κ1) is 33.6. The highest BCUT2D eigenvalue weighted by Gasteiger charge is 2.20. The Balaban J connectivity index is 1.00. The molecule has 10 aromatic carbocycles. The van der Waals surface area contributed by atoms with Crippen LogP contribution >= 0.6 is 0 Å². The third kappa shape index (κ3) is 5.91. The van der Waals surface area contributed by atoms with Crippen LogP contribution in [0.1, 0.15) is 0 Å². The maximum Gasteiger partial charge on any atom is 0.143 e. The third-order valence-corrected chi connectivity index (χ3v) is 11.5. The summed E-state index contributed by atoms with van der Waals surface area (Å²) in [6.07, 6.45) is 0. The number of anilines is 3. The Morgan fingerprint density at radius 3 is 1.57 bits per heavy atom. The molecule has 0 aliphatic heterocycles. The van der Waals surface area contributed by atoms with E-state index in [2.05, 4.69) is 217 Å². The summed E-state index contributed by atoms with van der Waals surface area (Å²) in [6.45, 7) is 0. The summed E-state index contributed by atoms with van der Waals surface area (Å²) in [7, 11) is 0. The molecule has 58 heavy (non-hydrogen) atoms. The molecule has 0 amide bonds. The van der Waals surface area contributed by atoms with Gasteiger partial charge < -0.3 is 9.32 Å². The van der Waals surface area contributed by atoms with Crippen molar-refractivity contribution in [3.05, 3.63) is 224 Å². The quantitative estimate of drug-likeness (QED) is 0.162. The summed E-state index contributed by atoms with van der Waals surface area (Å²) in [5, 5.41) is 7.24. The lowest BCUT2D eigenvalue weighted by Gasteiger charge is -2.28. The molecular weight excluding hydrogens is 703 g/mol. The number of hydrogen-bond donors (Lipinski definition) is 0. The molecule has 2 heteroatoms. The van der Waals surface area contributed by atoms with E-state index >= 15 is 0 Å². The molecular formula is C56H37NO. The summed E-state index contributed by atoms with van der Waals surface area (Å²) >= 11 is 0. The van der Waals surface area contributed by atoms with Crippen molar-refractivity contribution in [2.75, 3.05) is 4.90 Å². The molecule has 2 nitrogen and oxygen atoms in total. The summed E-state index contributed by atoms with van der Waals surface area (Å²) in [5.41, 5.74) is 14.3. The highest BCUT2D eigenvalue weighted by atomic mass is 16.3. The van der Waals surface area contributed by atoms with Crippen LogP contribution in [0.15, 0.2) is 229 Å². The Hall–Kier alpha value is -7.68. The summed E-state index contributed by atoms with van der Waals surface area (Å²) in [4.78, 5) is 2.37.